The van der Waals surface area contributed by atoms with Crippen LogP contribution in [0.15, 0.2) is 24.4 Å². The third kappa shape index (κ3) is 2.19. The van der Waals surface area contributed by atoms with Crippen LogP contribution in [0.1, 0.15) is 0 Å². The van der Waals surface area contributed by atoms with E-state index >= 15 is 0 Å². The van der Waals surface area contributed by atoms with E-state index in [-0.39, 0.29) is 5.01 Å². The van der Waals surface area contributed by atoms with Crippen molar-refractivity contribution in [3.63, 3.8) is 0 Å². The summed E-state index contributed by atoms with van der Waals surface area (Å²) < 4.78 is 5.38. The van der Waals surface area contributed by atoms with E-state index in [9.17, 15) is 0 Å². The number of halogens is 1. The molecule has 2 rings (SSSR count). The van der Waals surface area contributed by atoms with Crippen LogP contribution in [-0.4, -0.2) is 29.7 Å². The number of morpholine rings is 1. The summed E-state index contributed by atoms with van der Waals surface area (Å²) >= 11 is 3.43. The van der Waals surface area contributed by atoms with E-state index in [1.165, 1.54) is 0 Å². The molecule has 0 N–H and O–H groups in total. The van der Waals surface area contributed by atoms with Gasteiger partial charge in [0.25, 0.3) is 0 Å². The largest absolute Gasteiger partial charge is 0.363 e. The van der Waals surface area contributed by atoms with Gasteiger partial charge in [0.1, 0.15) is 10.8 Å². The second-order valence-corrected chi connectivity index (χ2v) is 3.94. The number of alkyl halides is 1. The molecule has 1 unspecified atom stereocenters. The minimum absolute atomic E-state index is 0.128. The van der Waals surface area contributed by atoms with E-state index in [0.717, 1.165) is 25.5 Å². The molecule has 1 saturated heterocycles. The van der Waals surface area contributed by atoms with Gasteiger partial charge >= 0.3 is 0 Å². The Balaban J connectivity index is 2.08. The average molecular weight is 243 g/mol. The van der Waals surface area contributed by atoms with Crippen LogP contribution in [0.4, 0.5) is 5.82 Å². The zero-order chi connectivity index (χ0) is 9.10. The van der Waals surface area contributed by atoms with Gasteiger partial charge in [-0.2, -0.15) is 0 Å². The fourth-order valence-corrected chi connectivity index (χ4v) is 1.89. The van der Waals surface area contributed by atoms with Crippen molar-refractivity contribution >= 4 is 21.7 Å². The van der Waals surface area contributed by atoms with E-state index in [2.05, 4.69) is 25.8 Å². The van der Waals surface area contributed by atoms with Gasteiger partial charge in [-0.3, -0.25) is 0 Å². The normalized spacial score (nSPS) is 23.2. The molecule has 70 valence electrons. The molecule has 0 radical (unpaired) electrons. The molecule has 0 aromatic carbocycles. The number of pyridine rings is 1. The van der Waals surface area contributed by atoms with Gasteiger partial charge < -0.3 is 9.64 Å². The zero-order valence-electron chi connectivity index (χ0n) is 7.19. The fourth-order valence-electron chi connectivity index (χ4n) is 1.36. The molecule has 3 nitrogen and oxygen atoms in total. The maximum atomic E-state index is 5.38. The Hall–Kier alpha value is -0.610. The van der Waals surface area contributed by atoms with Crippen LogP contribution in [0.5, 0.6) is 0 Å². The molecule has 0 amide bonds. The molecule has 1 aliphatic heterocycles. The van der Waals surface area contributed by atoms with Crippen LogP contribution in [0.2, 0.25) is 0 Å². The number of ether oxygens (including phenoxy) is 1. The Morgan fingerprint density at radius 1 is 1.54 bits per heavy atom. The topological polar surface area (TPSA) is 25.4 Å². The monoisotopic (exact) mass is 242 g/mol. The minimum atomic E-state index is 0.128. The SMILES string of the molecule is BrC1CN(c2ccccn2)CCO1. The van der Waals surface area contributed by atoms with Crippen molar-refractivity contribution in [1.82, 2.24) is 4.98 Å². The average Bonchev–Trinajstić information content (AvgIpc) is 2.19. The molecule has 1 fully saturated rings. The first-order valence-corrected chi connectivity index (χ1v) is 5.19. The predicted octanol–water partition coefficient (Wildman–Crippen LogP) is 1.64. The molecule has 1 aliphatic rings. The van der Waals surface area contributed by atoms with Crippen molar-refractivity contribution in [2.24, 2.45) is 0 Å². The third-order valence-electron chi connectivity index (χ3n) is 2.00. The number of hydrogen-bond acceptors (Lipinski definition) is 3. The van der Waals surface area contributed by atoms with Crippen LogP contribution >= 0.6 is 15.9 Å². The second kappa shape index (κ2) is 4.07. The lowest BCUT2D eigenvalue weighted by molar-refractivity contribution is 0.102. The number of aromatic nitrogens is 1. The van der Waals surface area contributed by atoms with Crippen LogP contribution in [0, 0.1) is 0 Å². The summed E-state index contributed by atoms with van der Waals surface area (Å²) in [7, 11) is 0. The summed E-state index contributed by atoms with van der Waals surface area (Å²) in [6.45, 7) is 2.53. The Bertz CT molecular complexity index is 268. The second-order valence-electron chi connectivity index (χ2n) is 2.91. The van der Waals surface area contributed by atoms with Crippen molar-refractivity contribution in [2.75, 3.05) is 24.6 Å². The van der Waals surface area contributed by atoms with Crippen molar-refractivity contribution in [1.29, 1.82) is 0 Å². The number of anilines is 1. The quantitative estimate of drug-likeness (QED) is 0.701. The van der Waals surface area contributed by atoms with Gasteiger partial charge in [-0.1, -0.05) is 22.0 Å². The summed E-state index contributed by atoms with van der Waals surface area (Å²) in [4.78, 5) is 6.50. The van der Waals surface area contributed by atoms with E-state index in [4.69, 9.17) is 4.74 Å². The van der Waals surface area contributed by atoms with Gasteiger partial charge in [-0.05, 0) is 12.1 Å². The summed E-state index contributed by atoms with van der Waals surface area (Å²) in [6.07, 6.45) is 1.81. The predicted molar refractivity (Wildman–Crippen MR) is 55.1 cm³/mol. The Labute approximate surface area is 85.8 Å². The smallest absolute Gasteiger partial charge is 0.130 e. The highest BCUT2D eigenvalue weighted by atomic mass is 79.9. The Kier molecular flexibility index (Phi) is 2.80. The number of nitrogens with zero attached hydrogens (tertiary/aromatic N) is 2. The van der Waals surface area contributed by atoms with E-state index < -0.39 is 0 Å². The molecule has 0 bridgehead atoms. The molecule has 13 heavy (non-hydrogen) atoms. The molecule has 1 aromatic rings. The Morgan fingerprint density at radius 2 is 2.46 bits per heavy atom. The zero-order valence-corrected chi connectivity index (χ0v) is 8.77. The molecule has 0 spiro atoms. The van der Waals surface area contributed by atoms with E-state index in [1.54, 1.807) is 0 Å². The lowest BCUT2D eigenvalue weighted by atomic mass is 10.4. The van der Waals surface area contributed by atoms with Gasteiger partial charge in [0.15, 0.2) is 0 Å². The first-order valence-electron chi connectivity index (χ1n) is 4.28. The van der Waals surface area contributed by atoms with Crippen LogP contribution in [0.3, 0.4) is 0 Å². The first kappa shape index (κ1) is 8.97. The van der Waals surface area contributed by atoms with Gasteiger partial charge in [0.05, 0.1) is 13.2 Å². The summed E-state index contributed by atoms with van der Waals surface area (Å²) in [6, 6.07) is 5.95. The summed E-state index contributed by atoms with van der Waals surface area (Å²) in [5.41, 5.74) is 0. The van der Waals surface area contributed by atoms with Crippen molar-refractivity contribution in [3.05, 3.63) is 24.4 Å². The molecule has 1 atom stereocenters. The molecular weight excluding hydrogens is 232 g/mol. The summed E-state index contributed by atoms with van der Waals surface area (Å²) in [5, 5.41) is 0.128. The standard InChI is InChI=1S/C9H11BrN2O/c10-8-7-12(5-6-13-8)9-3-1-2-4-11-9/h1-4,8H,5-7H2. The van der Waals surface area contributed by atoms with Crippen LogP contribution in [-0.2, 0) is 4.74 Å². The molecule has 1 aromatic heterocycles. The maximum Gasteiger partial charge on any atom is 0.130 e. The first-order chi connectivity index (χ1) is 6.36. The highest BCUT2D eigenvalue weighted by Crippen LogP contribution is 2.16. The molecular formula is C9H11BrN2O. The van der Waals surface area contributed by atoms with Crippen molar-refractivity contribution in [2.45, 2.75) is 5.01 Å². The maximum absolute atomic E-state index is 5.38. The molecule has 2 heterocycles. The van der Waals surface area contributed by atoms with Gasteiger partial charge in [0.2, 0.25) is 0 Å². The van der Waals surface area contributed by atoms with Gasteiger partial charge in [0, 0.05) is 12.7 Å². The summed E-state index contributed by atoms with van der Waals surface area (Å²) in [5.74, 6) is 1.02. The highest BCUT2D eigenvalue weighted by Gasteiger charge is 2.18. The number of hydrogen-bond donors (Lipinski definition) is 0. The van der Waals surface area contributed by atoms with Crippen molar-refractivity contribution in [3.8, 4) is 0 Å². The number of rotatable bonds is 1. The van der Waals surface area contributed by atoms with E-state index in [0.29, 0.717) is 0 Å². The Morgan fingerprint density at radius 3 is 3.15 bits per heavy atom. The van der Waals surface area contributed by atoms with Crippen LogP contribution in [0.25, 0.3) is 0 Å². The van der Waals surface area contributed by atoms with Crippen molar-refractivity contribution < 1.29 is 4.74 Å². The lowest BCUT2D eigenvalue weighted by Crippen LogP contribution is -2.40. The molecule has 0 saturated carbocycles. The van der Waals surface area contributed by atoms with Gasteiger partial charge in [-0.25, -0.2) is 4.98 Å². The minimum Gasteiger partial charge on any atom is -0.363 e. The van der Waals surface area contributed by atoms with Gasteiger partial charge in [-0.15, -0.1) is 0 Å². The third-order valence-corrected chi connectivity index (χ3v) is 2.55. The fraction of sp³-hybridized carbons (Fsp3) is 0.444. The van der Waals surface area contributed by atoms with E-state index in [1.807, 2.05) is 24.4 Å². The molecule has 0 aliphatic carbocycles. The molecule has 4 heteroatoms. The lowest BCUT2D eigenvalue weighted by Gasteiger charge is -2.30. The highest BCUT2D eigenvalue weighted by molar-refractivity contribution is 9.09. The van der Waals surface area contributed by atoms with Crippen LogP contribution < -0.4 is 4.90 Å².